The summed E-state index contributed by atoms with van der Waals surface area (Å²) in [5.41, 5.74) is -1.23. The van der Waals surface area contributed by atoms with Crippen LogP contribution in [0.4, 0.5) is 0 Å². The van der Waals surface area contributed by atoms with Gasteiger partial charge in [0.05, 0.1) is 6.67 Å². The van der Waals surface area contributed by atoms with Gasteiger partial charge in [0.1, 0.15) is 0 Å². The molecule has 6 nitrogen and oxygen atoms in total. The van der Waals surface area contributed by atoms with Crippen LogP contribution in [0.5, 0.6) is 0 Å². The van der Waals surface area contributed by atoms with Gasteiger partial charge in [0.25, 0.3) is 0 Å². The first kappa shape index (κ1) is 28.0. The van der Waals surface area contributed by atoms with Gasteiger partial charge in [-0.25, -0.2) is 0 Å². The third-order valence-corrected chi connectivity index (χ3v) is 10.4. The second-order valence-electron chi connectivity index (χ2n) is 13.2. The number of piperidine rings is 2. The normalized spacial score (nSPS) is 39.6. The summed E-state index contributed by atoms with van der Waals surface area (Å²) in [5, 5.41) is 25.3. The Morgan fingerprint density at radius 2 is 0.906 bits per heavy atom. The summed E-state index contributed by atoms with van der Waals surface area (Å²) in [6, 6.07) is 0.711. The van der Waals surface area contributed by atoms with E-state index in [-0.39, 0.29) is 22.2 Å². The lowest BCUT2D eigenvalue weighted by Crippen LogP contribution is -2.73. The van der Waals surface area contributed by atoms with Crippen LogP contribution < -0.4 is 0 Å². The van der Waals surface area contributed by atoms with Crippen molar-refractivity contribution in [2.75, 3.05) is 20.3 Å². The molecular formula is C26H54N4O2. The zero-order valence-electron chi connectivity index (χ0n) is 23.6. The third-order valence-electron chi connectivity index (χ3n) is 10.4. The molecular weight excluding hydrogens is 400 g/mol. The Hall–Kier alpha value is -0.240. The van der Waals surface area contributed by atoms with Crippen LogP contribution >= 0.6 is 0 Å². The quantitative estimate of drug-likeness (QED) is 0.570. The molecule has 0 aromatic rings. The minimum atomic E-state index is -0.307. The summed E-state index contributed by atoms with van der Waals surface area (Å²) in [5.74, 6) is 1.24. The van der Waals surface area contributed by atoms with Gasteiger partial charge in [-0.05, 0) is 92.7 Å². The molecule has 2 aliphatic rings. The molecule has 0 saturated carbocycles. The summed E-state index contributed by atoms with van der Waals surface area (Å²) >= 11 is 0. The van der Waals surface area contributed by atoms with Crippen LogP contribution in [0.3, 0.4) is 0 Å². The van der Waals surface area contributed by atoms with Crippen molar-refractivity contribution in [3.05, 3.63) is 0 Å². The summed E-state index contributed by atoms with van der Waals surface area (Å²) in [6.07, 6.45) is 0. The van der Waals surface area contributed by atoms with Crippen LogP contribution in [0.1, 0.15) is 90.0 Å². The summed E-state index contributed by atoms with van der Waals surface area (Å²) in [4.78, 5) is 5.15. The molecule has 4 atom stereocenters. The van der Waals surface area contributed by atoms with Gasteiger partial charge in [-0.2, -0.15) is 10.1 Å². The number of rotatable bonds is 5. The van der Waals surface area contributed by atoms with Gasteiger partial charge in [-0.15, -0.1) is 0 Å². The van der Waals surface area contributed by atoms with Crippen molar-refractivity contribution >= 4 is 0 Å². The van der Waals surface area contributed by atoms with Crippen LogP contribution in [0.2, 0.25) is 0 Å². The maximum atomic E-state index is 11.0. The van der Waals surface area contributed by atoms with Gasteiger partial charge in [0.15, 0.2) is 0 Å². The summed E-state index contributed by atoms with van der Waals surface area (Å²) < 4.78 is 0. The second-order valence-corrected chi connectivity index (χ2v) is 13.2. The molecule has 2 aliphatic heterocycles. The second kappa shape index (κ2) is 8.76. The minimum absolute atomic E-state index is 0.306. The Balaban J connectivity index is 2.37. The molecule has 0 amide bonds. The SMILES string of the molecule is CCN(CN(C)C1C(C)C(C)(C)N(O)C(C)(C)C1C)C1C(C)C(C)(C)N(O)C(C)(C)C1C. The van der Waals surface area contributed by atoms with Gasteiger partial charge >= 0.3 is 0 Å². The molecule has 2 heterocycles. The van der Waals surface area contributed by atoms with Gasteiger partial charge in [0.2, 0.25) is 0 Å². The van der Waals surface area contributed by atoms with Crippen molar-refractivity contribution in [1.29, 1.82) is 0 Å². The first-order valence-electron chi connectivity index (χ1n) is 12.7. The van der Waals surface area contributed by atoms with Crippen LogP contribution in [0, 0.1) is 23.7 Å². The highest BCUT2D eigenvalue weighted by atomic mass is 16.5. The van der Waals surface area contributed by atoms with E-state index < -0.39 is 0 Å². The number of hydroxylamine groups is 4. The minimum Gasteiger partial charge on any atom is -0.313 e. The zero-order chi connectivity index (χ0) is 25.2. The van der Waals surface area contributed by atoms with Crippen LogP contribution in [0.15, 0.2) is 0 Å². The standard InChI is InChI=1S/C26H54N4O2/c1-15-28(22-19(4)25(10,11)30(32)26(12,13)20(22)5)16-27(14)21-17(2)23(6,7)29(31)24(8,9)18(21)3/h17-22,31-32H,15-16H2,1-14H3. The molecule has 2 fully saturated rings. The summed E-state index contributed by atoms with van der Waals surface area (Å²) in [7, 11) is 2.26. The van der Waals surface area contributed by atoms with E-state index in [2.05, 4.69) is 107 Å². The largest absolute Gasteiger partial charge is 0.313 e. The first-order chi connectivity index (χ1) is 14.3. The molecule has 6 heteroatoms. The number of hydrogen-bond donors (Lipinski definition) is 2. The number of nitrogens with zero attached hydrogens (tertiary/aromatic N) is 4. The van der Waals surface area contributed by atoms with E-state index in [1.54, 1.807) is 10.1 Å². The third kappa shape index (κ3) is 4.07. The molecule has 0 radical (unpaired) electrons. The van der Waals surface area contributed by atoms with Crippen molar-refractivity contribution in [2.45, 2.75) is 124 Å². The fourth-order valence-electron chi connectivity index (χ4n) is 6.98. The lowest BCUT2D eigenvalue weighted by Gasteiger charge is -2.62. The average Bonchev–Trinajstić information content (AvgIpc) is 2.69. The highest BCUT2D eigenvalue weighted by Gasteiger charge is 2.57. The summed E-state index contributed by atoms with van der Waals surface area (Å²) in [6.45, 7) is 30.6. The maximum absolute atomic E-state index is 11.0. The van der Waals surface area contributed by atoms with E-state index in [4.69, 9.17) is 0 Å². The molecule has 190 valence electrons. The molecule has 0 aromatic carbocycles. The average molecular weight is 455 g/mol. The van der Waals surface area contributed by atoms with Crippen molar-refractivity contribution in [3.8, 4) is 0 Å². The molecule has 2 saturated heterocycles. The van der Waals surface area contributed by atoms with E-state index in [0.717, 1.165) is 13.2 Å². The van der Waals surface area contributed by atoms with E-state index in [0.29, 0.717) is 35.8 Å². The lowest BCUT2D eigenvalue weighted by atomic mass is 9.65. The molecule has 0 aliphatic carbocycles. The smallest absolute Gasteiger partial charge is 0.0509 e. The van der Waals surface area contributed by atoms with Gasteiger partial charge < -0.3 is 10.4 Å². The van der Waals surface area contributed by atoms with Gasteiger partial charge in [0, 0.05) is 34.2 Å². The van der Waals surface area contributed by atoms with Gasteiger partial charge in [-0.1, -0.05) is 34.6 Å². The van der Waals surface area contributed by atoms with E-state index >= 15 is 0 Å². The zero-order valence-corrected chi connectivity index (χ0v) is 23.6. The Morgan fingerprint density at radius 3 is 1.19 bits per heavy atom. The van der Waals surface area contributed by atoms with E-state index in [9.17, 15) is 10.4 Å². The Morgan fingerprint density at radius 1 is 0.625 bits per heavy atom. The lowest BCUT2D eigenvalue weighted by molar-refractivity contribution is -0.293. The topological polar surface area (TPSA) is 53.4 Å². The fourth-order valence-corrected chi connectivity index (χ4v) is 6.98. The molecule has 2 N–H and O–H groups in total. The monoisotopic (exact) mass is 454 g/mol. The van der Waals surface area contributed by atoms with Crippen LogP contribution in [-0.4, -0.2) is 84.8 Å². The molecule has 2 rings (SSSR count). The number of hydrogen-bond acceptors (Lipinski definition) is 6. The van der Waals surface area contributed by atoms with Gasteiger partial charge in [-0.3, -0.25) is 9.80 Å². The van der Waals surface area contributed by atoms with Crippen LogP contribution in [0.25, 0.3) is 0 Å². The molecule has 0 spiro atoms. The van der Waals surface area contributed by atoms with E-state index in [1.165, 1.54) is 0 Å². The Kier molecular flexibility index (Phi) is 7.67. The molecule has 0 bridgehead atoms. The first-order valence-corrected chi connectivity index (χ1v) is 12.7. The van der Waals surface area contributed by atoms with Crippen molar-refractivity contribution < 1.29 is 10.4 Å². The van der Waals surface area contributed by atoms with Crippen LogP contribution in [-0.2, 0) is 0 Å². The predicted octanol–water partition coefficient (Wildman–Crippen LogP) is 5.00. The van der Waals surface area contributed by atoms with Crippen molar-refractivity contribution in [3.63, 3.8) is 0 Å². The van der Waals surface area contributed by atoms with Crippen molar-refractivity contribution in [1.82, 2.24) is 19.9 Å². The highest BCUT2D eigenvalue weighted by molar-refractivity contribution is 5.09. The Bertz CT molecular complexity index is 618. The fraction of sp³-hybridized carbons (Fsp3) is 1.00. The predicted molar refractivity (Wildman–Crippen MR) is 133 cm³/mol. The molecule has 0 aromatic heterocycles. The van der Waals surface area contributed by atoms with Crippen molar-refractivity contribution in [2.24, 2.45) is 23.7 Å². The molecule has 4 unspecified atom stereocenters. The molecule has 32 heavy (non-hydrogen) atoms. The maximum Gasteiger partial charge on any atom is 0.0509 e. The highest BCUT2D eigenvalue weighted by Crippen LogP contribution is 2.48. The van der Waals surface area contributed by atoms with E-state index in [1.807, 2.05) is 0 Å². The Labute approximate surface area is 198 Å².